The maximum Gasteiger partial charge on any atom is 0.411 e. The highest BCUT2D eigenvalue weighted by molar-refractivity contribution is 5.88. The monoisotopic (exact) mass is 420 g/mol. The largest absolute Gasteiger partial charge is 0.453 e. The van der Waals surface area contributed by atoms with Gasteiger partial charge >= 0.3 is 6.09 Å². The van der Waals surface area contributed by atoms with E-state index < -0.39 is 6.09 Å². The zero-order valence-corrected chi connectivity index (χ0v) is 16.6. The Balaban J connectivity index is 0. The summed E-state index contributed by atoms with van der Waals surface area (Å²) < 4.78 is 4.55. The molecule has 5 N–H and O–H groups in total. The molecule has 0 fully saturated rings. The Kier molecular flexibility index (Phi) is 12.5. The fourth-order valence-electron chi connectivity index (χ4n) is 2.19. The van der Waals surface area contributed by atoms with Crippen LogP contribution in [0.5, 0.6) is 0 Å². The number of anilines is 2. The summed E-state index contributed by atoms with van der Waals surface area (Å²) in [5, 5.41) is 2.57. The number of rotatable bonds is 5. The molecular formula is C17H23Cl3N4O2. The second-order valence-electron chi connectivity index (χ2n) is 5.02. The third-order valence-corrected chi connectivity index (χ3v) is 3.38. The van der Waals surface area contributed by atoms with Gasteiger partial charge in [0, 0.05) is 23.1 Å². The molecule has 1 aromatic heterocycles. The number of nitrogens with zero attached hydrogens (tertiary/aromatic N) is 1. The summed E-state index contributed by atoms with van der Waals surface area (Å²) in [5.74, 6) is 0. The number of aromatic nitrogens is 1. The Morgan fingerprint density at radius 3 is 2.58 bits per heavy atom. The van der Waals surface area contributed by atoms with Crippen LogP contribution in [0, 0.1) is 0 Å². The molecule has 0 aliphatic rings. The topological polar surface area (TPSA) is 103 Å². The van der Waals surface area contributed by atoms with Gasteiger partial charge in [-0.3, -0.25) is 10.3 Å². The van der Waals surface area contributed by atoms with Gasteiger partial charge in [0.15, 0.2) is 0 Å². The highest BCUT2D eigenvalue weighted by atomic mass is 35.5. The Labute approximate surface area is 171 Å². The summed E-state index contributed by atoms with van der Waals surface area (Å²) in [4.78, 5) is 15.5. The number of methoxy groups -OCH3 is 1. The molecule has 1 aromatic carbocycles. The maximum absolute atomic E-state index is 11.2. The lowest BCUT2D eigenvalue weighted by molar-refractivity contribution is 0.187. The zero-order chi connectivity index (χ0) is 16.8. The van der Waals surface area contributed by atoms with Gasteiger partial charge in [0.2, 0.25) is 0 Å². The average Bonchev–Trinajstić information content (AvgIpc) is 2.55. The van der Waals surface area contributed by atoms with Crippen molar-refractivity contribution in [2.75, 3.05) is 18.2 Å². The van der Waals surface area contributed by atoms with Gasteiger partial charge in [0.05, 0.1) is 18.8 Å². The number of hydrogen-bond acceptors (Lipinski definition) is 5. The Morgan fingerprint density at radius 2 is 2.00 bits per heavy atom. The van der Waals surface area contributed by atoms with Gasteiger partial charge in [-0.2, -0.15) is 0 Å². The van der Waals surface area contributed by atoms with Crippen LogP contribution in [0.2, 0.25) is 0 Å². The van der Waals surface area contributed by atoms with E-state index in [2.05, 4.69) is 21.6 Å². The summed E-state index contributed by atoms with van der Waals surface area (Å²) >= 11 is 0. The number of pyridine rings is 1. The molecule has 0 bridgehead atoms. The van der Waals surface area contributed by atoms with Crippen LogP contribution in [0.4, 0.5) is 16.2 Å². The smallest absolute Gasteiger partial charge is 0.411 e. The summed E-state index contributed by atoms with van der Waals surface area (Å²) in [6.07, 6.45) is 3.57. The fraction of sp³-hybridized carbons (Fsp3) is 0.176. The Morgan fingerprint density at radius 1 is 1.31 bits per heavy atom. The predicted octanol–water partition coefficient (Wildman–Crippen LogP) is 4.35. The molecule has 1 amide bonds. The molecule has 0 saturated carbocycles. The lowest BCUT2D eigenvalue weighted by atomic mass is 10.0. The second kappa shape index (κ2) is 12.4. The van der Waals surface area contributed by atoms with E-state index in [1.54, 1.807) is 24.4 Å². The fourth-order valence-corrected chi connectivity index (χ4v) is 2.19. The summed E-state index contributed by atoms with van der Waals surface area (Å²) in [5.41, 5.74) is 15.8. The molecule has 1 heterocycles. The number of nitrogens with one attached hydrogen (secondary N) is 1. The van der Waals surface area contributed by atoms with Crippen molar-refractivity contribution in [1.82, 2.24) is 4.98 Å². The highest BCUT2D eigenvalue weighted by Gasteiger charge is 2.10. The van der Waals surface area contributed by atoms with E-state index in [0.717, 1.165) is 16.8 Å². The first-order chi connectivity index (χ1) is 11.0. The minimum atomic E-state index is -0.543. The lowest BCUT2D eigenvalue weighted by Crippen LogP contribution is -2.11. The molecule has 1 atom stereocenters. The van der Waals surface area contributed by atoms with Crippen molar-refractivity contribution in [3.8, 4) is 11.1 Å². The summed E-state index contributed by atoms with van der Waals surface area (Å²) in [6, 6.07) is 8.84. The molecule has 0 saturated heterocycles. The quantitative estimate of drug-likeness (QED) is 0.492. The molecule has 0 spiro atoms. The summed E-state index contributed by atoms with van der Waals surface area (Å²) in [6.45, 7) is 3.69. The number of nitrogens with two attached hydrogens (primary N) is 2. The van der Waals surface area contributed by atoms with Crippen molar-refractivity contribution in [1.29, 1.82) is 0 Å². The van der Waals surface area contributed by atoms with Crippen LogP contribution in [0.1, 0.15) is 18.2 Å². The molecule has 0 aliphatic carbocycles. The number of hydrogen-bond donors (Lipinski definition) is 3. The molecule has 0 unspecified atom stereocenters. The molecule has 2 aromatic rings. The third-order valence-electron chi connectivity index (χ3n) is 3.38. The standard InChI is InChI=1S/C17H20N4O2.3ClH/c1-3-4-14(18)16-9-11(7-8-20-16)13-6-5-12(10-15(13)19)21-17(22)23-2;;;/h3,5-10,14H,1,4,18-19H2,2H3,(H,21,22);3*1H/t14-;;;/m0.../s1. The molecular weight excluding hydrogens is 399 g/mol. The normalized spacial score (nSPS) is 10.2. The van der Waals surface area contributed by atoms with Gasteiger partial charge in [-0.05, 0) is 36.2 Å². The van der Waals surface area contributed by atoms with Gasteiger partial charge in [0.25, 0.3) is 0 Å². The predicted molar refractivity (Wildman–Crippen MR) is 114 cm³/mol. The van der Waals surface area contributed by atoms with Gasteiger partial charge in [-0.1, -0.05) is 12.1 Å². The van der Waals surface area contributed by atoms with E-state index in [1.807, 2.05) is 18.2 Å². The van der Waals surface area contributed by atoms with Crippen molar-refractivity contribution in [2.45, 2.75) is 12.5 Å². The van der Waals surface area contributed by atoms with Crippen molar-refractivity contribution in [3.63, 3.8) is 0 Å². The third kappa shape index (κ3) is 6.72. The van der Waals surface area contributed by atoms with Crippen molar-refractivity contribution in [2.24, 2.45) is 5.73 Å². The van der Waals surface area contributed by atoms with Crippen LogP contribution < -0.4 is 16.8 Å². The van der Waals surface area contributed by atoms with E-state index in [1.165, 1.54) is 7.11 Å². The van der Waals surface area contributed by atoms with Crippen LogP contribution in [0.3, 0.4) is 0 Å². The first-order valence-electron chi connectivity index (χ1n) is 7.12. The highest BCUT2D eigenvalue weighted by Crippen LogP contribution is 2.29. The number of nitrogen functional groups attached to an aromatic ring is 1. The van der Waals surface area contributed by atoms with E-state index in [0.29, 0.717) is 17.8 Å². The SMILES string of the molecule is C=CC[C@H](N)c1cc(-c2ccc(NC(=O)OC)cc2N)ccn1.Cl.Cl.Cl. The number of carbonyl (C=O) groups excluding carboxylic acids is 1. The molecule has 2 rings (SSSR count). The Hall–Kier alpha value is -1.99. The molecule has 6 nitrogen and oxygen atoms in total. The van der Waals surface area contributed by atoms with Crippen LogP contribution >= 0.6 is 37.2 Å². The van der Waals surface area contributed by atoms with E-state index >= 15 is 0 Å². The van der Waals surface area contributed by atoms with E-state index in [9.17, 15) is 4.79 Å². The van der Waals surface area contributed by atoms with Gasteiger partial charge in [0.1, 0.15) is 0 Å². The van der Waals surface area contributed by atoms with Gasteiger partial charge < -0.3 is 16.2 Å². The number of halogens is 3. The summed E-state index contributed by atoms with van der Waals surface area (Å²) in [7, 11) is 1.30. The van der Waals surface area contributed by atoms with Crippen molar-refractivity contribution >= 4 is 54.7 Å². The second-order valence-corrected chi connectivity index (χ2v) is 5.02. The maximum atomic E-state index is 11.2. The van der Waals surface area contributed by atoms with Crippen molar-refractivity contribution < 1.29 is 9.53 Å². The van der Waals surface area contributed by atoms with Crippen molar-refractivity contribution in [3.05, 3.63) is 54.9 Å². The van der Waals surface area contributed by atoms with Crippen LogP contribution in [0.15, 0.2) is 49.2 Å². The molecule has 144 valence electrons. The van der Waals surface area contributed by atoms with Crippen LogP contribution in [0.25, 0.3) is 11.1 Å². The Bertz CT molecular complexity index is 729. The molecule has 0 radical (unpaired) electrons. The number of amides is 1. The number of ether oxygens (including phenoxy) is 1. The number of carbonyl (C=O) groups is 1. The first-order valence-corrected chi connectivity index (χ1v) is 7.12. The van der Waals surface area contributed by atoms with Gasteiger partial charge in [-0.15, -0.1) is 43.8 Å². The van der Waals surface area contributed by atoms with E-state index in [-0.39, 0.29) is 43.3 Å². The zero-order valence-electron chi connectivity index (χ0n) is 14.2. The average molecular weight is 422 g/mol. The van der Waals surface area contributed by atoms with Gasteiger partial charge in [-0.25, -0.2) is 4.79 Å². The minimum Gasteiger partial charge on any atom is -0.453 e. The number of benzene rings is 1. The minimum absolute atomic E-state index is 0. The van der Waals surface area contributed by atoms with Crippen LogP contribution in [-0.4, -0.2) is 18.2 Å². The molecule has 0 aliphatic heterocycles. The first kappa shape index (κ1) is 26.2. The van der Waals surface area contributed by atoms with E-state index in [4.69, 9.17) is 11.5 Å². The molecule has 26 heavy (non-hydrogen) atoms. The molecule has 9 heteroatoms. The lowest BCUT2D eigenvalue weighted by Gasteiger charge is -2.12. The van der Waals surface area contributed by atoms with Crippen LogP contribution in [-0.2, 0) is 4.74 Å².